The van der Waals surface area contributed by atoms with Crippen molar-refractivity contribution in [2.75, 3.05) is 5.32 Å². The van der Waals surface area contributed by atoms with Crippen LogP contribution in [-0.2, 0) is 10.2 Å². The summed E-state index contributed by atoms with van der Waals surface area (Å²) in [5, 5.41) is 13.1. The number of aromatic nitrogens is 1. The van der Waals surface area contributed by atoms with Crippen LogP contribution in [0.4, 0.5) is 18.3 Å². The molecule has 1 aromatic heterocycles. The van der Waals surface area contributed by atoms with Crippen molar-refractivity contribution in [2.24, 2.45) is 0 Å². The van der Waals surface area contributed by atoms with Crippen LogP contribution in [0.1, 0.15) is 49.2 Å². The SMILES string of the molecule is CC(=Cc1c(F)cc(C(=O)Nc2nc(-c3cccc(-c4ccc(C(C)(C)C)cc4)c3F)cs2)cc1F)C(=O)O. The lowest BCUT2D eigenvalue weighted by atomic mass is 9.86. The van der Waals surface area contributed by atoms with E-state index in [-0.39, 0.29) is 27.2 Å². The monoisotopic (exact) mass is 550 g/mol. The van der Waals surface area contributed by atoms with Crippen LogP contribution in [0.15, 0.2) is 65.6 Å². The predicted octanol–water partition coefficient (Wildman–Crippen LogP) is 7.93. The van der Waals surface area contributed by atoms with Crippen LogP contribution >= 0.6 is 11.3 Å². The normalized spacial score (nSPS) is 11.9. The third kappa shape index (κ3) is 6.09. The van der Waals surface area contributed by atoms with E-state index in [9.17, 15) is 18.4 Å². The minimum atomic E-state index is -1.32. The predicted molar refractivity (Wildman–Crippen MR) is 147 cm³/mol. The second-order valence-corrected chi connectivity index (χ2v) is 10.8. The number of rotatable bonds is 6. The summed E-state index contributed by atoms with van der Waals surface area (Å²) in [7, 11) is 0. The highest BCUT2D eigenvalue weighted by atomic mass is 32.1. The summed E-state index contributed by atoms with van der Waals surface area (Å²) in [6, 6.07) is 14.3. The summed E-state index contributed by atoms with van der Waals surface area (Å²) in [6.07, 6.45) is 0.851. The third-order valence-corrected chi connectivity index (χ3v) is 6.86. The molecule has 0 radical (unpaired) electrons. The van der Waals surface area contributed by atoms with Crippen LogP contribution in [-0.4, -0.2) is 22.0 Å². The highest BCUT2D eigenvalue weighted by Gasteiger charge is 2.19. The number of aliphatic carboxylic acids is 1. The van der Waals surface area contributed by atoms with Gasteiger partial charge in [0.2, 0.25) is 0 Å². The first-order valence-electron chi connectivity index (χ1n) is 11.9. The Balaban J connectivity index is 1.56. The van der Waals surface area contributed by atoms with Gasteiger partial charge in [-0.25, -0.2) is 22.9 Å². The largest absolute Gasteiger partial charge is 0.478 e. The quantitative estimate of drug-likeness (QED) is 0.239. The van der Waals surface area contributed by atoms with Crippen LogP contribution in [0, 0.1) is 17.5 Å². The zero-order valence-electron chi connectivity index (χ0n) is 21.6. The molecule has 0 fully saturated rings. The number of nitrogens with zero attached hydrogens (tertiary/aromatic N) is 1. The number of anilines is 1. The van der Waals surface area contributed by atoms with Crippen LogP contribution < -0.4 is 5.32 Å². The van der Waals surface area contributed by atoms with E-state index < -0.39 is 34.9 Å². The molecule has 3 aromatic carbocycles. The zero-order chi connectivity index (χ0) is 28.5. The standard InChI is InChI=1S/C30H25F3N2O3S/c1-16(28(37)38)12-22-23(31)13-18(14-24(22)32)27(36)35-29-34-25(15-39-29)21-7-5-6-20(26(21)33)17-8-10-19(11-9-17)30(2,3)4/h5-15H,1-4H3,(H,37,38)(H,34,35,36). The van der Waals surface area contributed by atoms with Crippen LogP contribution in [0.2, 0.25) is 0 Å². The van der Waals surface area contributed by atoms with E-state index in [1.54, 1.807) is 23.6 Å². The average Bonchev–Trinajstić information content (AvgIpc) is 3.33. The molecule has 2 N–H and O–H groups in total. The number of carbonyl (C=O) groups excluding carboxylic acids is 1. The topological polar surface area (TPSA) is 79.3 Å². The Morgan fingerprint density at radius 3 is 2.18 bits per heavy atom. The third-order valence-electron chi connectivity index (χ3n) is 6.10. The molecule has 0 aliphatic carbocycles. The number of hydrogen-bond donors (Lipinski definition) is 2. The van der Waals surface area contributed by atoms with Crippen molar-refractivity contribution in [3.8, 4) is 22.4 Å². The highest BCUT2D eigenvalue weighted by molar-refractivity contribution is 7.14. The number of nitrogens with one attached hydrogen (secondary N) is 1. The van der Waals surface area contributed by atoms with E-state index in [1.165, 1.54) is 6.92 Å². The van der Waals surface area contributed by atoms with Crippen molar-refractivity contribution < 1.29 is 27.9 Å². The van der Waals surface area contributed by atoms with Crippen molar-refractivity contribution in [3.63, 3.8) is 0 Å². The maximum atomic E-state index is 15.5. The molecule has 1 heterocycles. The van der Waals surface area contributed by atoms with Gasteiger partial charge in [-0.3, -0.25) is 10.1 Å². The summed E-state index contributed by atoms with van der Waals surface area (Å²) in [5.74, 6) is -4.79. The fourth-order valence-electron chi connectivity index (χ4n) is 3.86. The fourth-order valence-corrected chi connectivity index (χ4v) is 4.56. The molecule has 4 aromatic rings. The molecule has 1 amide bonds. The number of amides is 1. The summed E-state index contributed by atoms with van der Waals surface area (Å²) < 4.78 is 44.4. The molecule has 0 aliphatic rings. The number of carbonyl (C=O) groups is 2. The molecule has 0 saturated carbocycles. The Bertz CT molecular complexity index is 1580. The molecular weight excluding hydrogens is 525 g/mol. The molecule has 9 heteroatoms. The summed E-state index contributed by atoms with van der Waals surface area (Å²) in [4.78, 5) is 27.9. The van der Waals surface area contributed by atoms with Gasteiger partial charge >= 0.3 is 5.97 Å². The van der Waals surface area contributed by atoms with Gasteiger partial charge < -0.3 is 5.11 Å². The van der Waals surface area contributed by atoms with Crippen LogP contribution in [0.5, 0.6) is 0 Å². The number of benzene rings is 3. The summed E-state index contributed by atoms with van der Waals surface area (Å²) in [6.45, 7) is 7.50. The lowest BCUT2D eigenvalue weighted by Gasteiger charge is -2.19. The van der Waals surface area contributed by atoms with E-state index in [4.69, 9.17) is 5.11 Å². The Morgan fingerprint density at radius 1 is 0.974 bits per heavy atom. The Kier molecular flexibility index (Phi) is 7.74. The van der Waals surface area contributed by atoms with Gasteiger partial charge in [0.05, 0.1) is 5.69 Å². The lowest BCUT2D eigenvalue weighted by molar-refractivity contribution is -0.132. The number of hydrogen-bond acceptors (Lipinski definition) is 4. The molecule has 0 bridgehead atoms. The van der Waals surface area contributed by atoms with Gasteiger partial charge in [0.15, 0.2) is 5.13 Å². The molecular formula is C30H25F3N2O3S. The van der Waals surface area contributed by atoms with Crippen molar-refractivity contribution >= 4 is 34.4 Å². The first kappa shape index (κ1) is 27.8. The lowest BCUT2D eigenvalue weighted by Crippen LogP contribution is -2.13. The maximum Gasteiger partial charge on any atom is 0.331 e. The van der Waals surface area contributed by atoms with E-state index in [0.717, 1.165) is 35.1 Å². The molecule has 5 nitrogen and oxygen atoms in total. The van der Waals surface area contributed by atoms with Crippen molar-refractivity contribution in [3.05, 3.63) is 99.7 Å². The smallest absolute Gasteiger partial charge is 0.331 e. The van der Waals surface area contributed by atoms with Gasteiger partial charge in [-0.1, -0.05) is 57.2 Å². The first-order chi connectivity index (χ1) is 18.3. The van der Waals surface area contributed by atoms with Crippen molar-refractivity contribution in [1.82, 2.24) is 4.98 Å². The molecule has 0 unspecified atom stereocenters. The van der Waals surface area contributed by atoms with Gasteiger partial charge in [0.1, 0.15) is 17.5 Å². The van der Waals surface area contributed by atoms with E-state index in [2.05, 4.69) is 31.1 Å². The van der Waals surface area contributed by atoms with Gasteiger partial charge in [0, 0.05) is 33.2 Å². The Hall–Kier alpha value is -4.24. The fraction of sp³-hybridized carbons (Fsp3) is 0.167. The average molecular weight is 551 g/mol. The van der Waals surface area contributed by atoms with Crippen molar-refractivity contribution in [1.29, 1.82) is 0 Å². The summed E-state index contributed by atoms with van der Waals surface area (Å²) >= 11 is 1.03. The van der Waals surface area contributed by atoms with Gasteiger partial charge in [-0.2, -0.15) is 0 Å². The minimum Gasteiger partial charge on any atom is -0.478 e. The number of carboxylic acid groups (broad SMARTS) is 1. The Labute approximate surface area is 227 Å². The van der Waals surface area contributed by atoms with Gasteiger partial charge in [-0.15, -0.1) is 11.3 Å². The maximum absolute atomic E-state index is 15.5. The first-order valence-corrected chi connectivity index (χ1v) is 12.8. The molecule has 0 spiro atoms. The van der Waals surface area contributed by atoms with E-state index >= 15 is 4.39 Å². The minimum absolute atomic E-state index is 0.0314. The highest BCUT2D eigenvalue weighted by Crippen LogP contribution is 2.34. The molecule has 0 saturated heterocycles. The van der Waals surface area contributed by atoms with Gasteiger partial charge in [-0.05, 0) is 47.7 Å². The van der Waals surface area contributed by atoms with E-state index in [0.29, 0.717) is 16.8 Å². The molecule has 39 heavy (non-hydrogen) atoms. The second-order valence-electron chi connectivity index (χ2n) is 9.97. The van der Waals surface area contributed by atoms with Crippen LogP contribution in [0.3, 0.4) is 0 Å². The van der Waals surface area contributed by atoms with Gasteiger partial charge in [0.25, 0.3) is 5.91 Å². The second kappa shape index (κ2) is 10.9. The van der Waals surface area contributed by atoms with Crippen molar-refractivity contribution in [2.45, 2.75) is 33.1 Å². The molecule has 0 aliphatic heterocycles. The number of carboxylic acids is 1. The molecule has 0 atom stereocenters. The number of halogens is 3. The summed E-state index contributed by atoms with van der Waals surface area (Å²) in [5.41, 5.74) is 1.61. The molecule has 200 valence electrons. The van der Waals surface area contributed by atoms with E-state index in [1.807, 2.05) is 24.3 Å². The zero-order valence-corrected chi connectivity index (χ0v) is 22.4. The number of thiazole rings is 1. The molecule has 4 rings (SSSR count). The van der Waals surface area contributed by atoms with Crippen LogP contribution in [0.25, 0.3) is 28.5 Å². The Morgan fingerprint density at radius 2 is 1.59 bits per heavy atom.